The van der Waals surface area contributed by atoms with Crippen molar-refractivity contribution in [1.82, 2.24) is 9.80 Å². The fourth-order valence-corrected chi connectivity index (χ4v) is 4.55. The second-order valence-electron chi connectivity index (χ2n) is 8.02. The monoisotopic (exact) mass is 436 g/mol. The minimum Gasteiger partial charge on any atom is -0.493 e. The predicted octanol–water partition coefficient (Wildman–Crippen LogP) is 5.01. The SMILES string of the molecule is COc1cc(/C=C2/C(=O)N(C3CCCCC3)C(=S)N2C)ccc1OCc1ccccc1. The van der Waals surface area contributed by atoms with Gasteiger partial charge in [0.25, 0.3) is 5.91 Å². The van der Waals surface area contributed by atoms with Gasteiger partial charge in [0.2, 0.25) is 0 Å². The van der Waals surface area contributed by atoms with Crippen molar-refractivity contribution in [2.45, 2.75) is 44.8 Å². The van der Waals surface area contributed by atoms with Crippen LogP contribution in [0.25, 0.3) is 6.08 Å². The molecule has 0 aromatic heterocycles. The molecule has 1 amide bonds. The first-order chi connectivity index (χ1) is 15.1. The number of likely N-dealkylation sites (N-methyl/N-ethyl adjacent to an activating group) is 1. The molecule has 2 aliphatic rings. The number of carbonyl (C=O) groups is 1. The molecule has 0 spiro atoms. The summed E-state index contributed by atoms with van der Waals surface area (Å²) in [5.74, 6) is 1.28. The predicted molar refractivity (Wildman–Crippen MR) is 126 cm³/mol. The lowest BCUT2D eigenvalue weighted by Gasteiger charge is -2.30. The van der Waals surface area contributed by atoms with E-state index in [1.165, 1.54) is 6.42 Å². The number of rotatable bonds is 6. The lowest BCUT2D eigenvalue weighted by Crippen LogP contribution is -2.41. The van der Waals surface area contributed by atoms with E-state index in [-0.39, 0.29) is 11.9 Å². The molecule has 1 aliphatic carbocycles. The van der Waals surface area contributed by atoms with Crippen molar-refractivity contribution < 1.29 is 14.3 Å². The van der Waals surface area contributed by atoms with Crippen molar-refractivity contribution >= 4 is 29.3 Å². The average molecular weight is 437 g/mol. The second kappa shape index (κ2) is 9.52. The molecule has 0 N–H and O–H groups in total. The van der Waals surface area contributed by atoms with Crippen LogP contribution in [0.1, 0.15) is 43.2 Å². The van der Waals surface area contributed by atoms with E-state index in [0.717, 1.165) is 36.8 Å². The summed E-state index contributed by atoms with van der Waals surface area (Å²) in [6.07, 6.45) is 7.47. The number of thiocarbonyl (C=S) groups is 1. The summed E-state index contributed by atoms with van der Waals surface area (Å²) in [5.41, 5.74) is 2.55. The van der Waals surface area contributed by atoms with E-state index < -0.39 is 0 Å². The summed E-state index contributed by atoms with van der Waals surface area (Å²) in [6, 6.07) is 15.9. The Kier molecular flexibility index (Phi) is 6.56. The summed E-state index contributed by atoms with van der Waals surface area (Å²) >= 11 is 5.61. The zero-order valence-electron chi connectivity index (χ0n) is 18.0. The minimum atomic E-state index is -0.0113. The zero-order chi connectivity index (χ0) is 21.8. The van der Waals surface area contributed by atoms with E-state index in [1.54, 1.807) is 7.11 Å². The van der Waals surface area contributed by atoms with Crippen molar-refractivity contribution in [3.8, 4) is 11.5 Å². The van der Waals surface area contributed by atoms with E-state index in [2.05, 4.69) is 0 Å². The van der Waals surface area contributed by atoms with Gasteiger partial charge in [0.1, 0.15) is 12.3 Å². The van der Waals surface area contributed by atoms with Gasteiger partial charge in [-0.15, -0.1) is 0 Å². The van der Waals surface area contributed by atoms with E-state index >= 15 is 0 Å². The van der Waals surface area contributed by atoms with Crippen LogP contribution in [-0.4, -0.2) is 41.0 Å². The van der Waals surface area contributed by atoms with Gasteiger partial charge in [-0.2, -0.15) is 0 Å². The number of carbonyl (C=O) groups excluding carboxylic acids is 1. The van der Waals surface area contributed by atoms with Gasteiger partial charge in [0.05, 0.1) is 7.11 Å². The summed E-state index contributed by atoms with van der Waals surface area (Å²) < 4.78 is 11.5. The molecule has 1 heterocycles. The van der Waals surface area contributed by atoms with Crippen LogP contribution in [-0.2, 0) is 11.4 Å². The largest absolute Gasteiger partial charge is 0.493 e. The van der Waals surface area contributed by atoms with E-state index in [1.807, 2.05) is 71.5 Å². The number of benzene rings is 2. The molecule has 2 fully saturated rings. The minimum absolute atomic E-state index is 0.0113. The molecular formula is C25H28N2O3S. The molecule has 162 valence electrons. The Morgan fingerprint density at radius 3 is 2.52 bits per heavy atom. The summed E-state index contributed by atoms with van der Waals surface area (Å²) in [7, 11) is 3.48. The summed E-state index contributed by atoms with van der Waals surface area (Å²) in [4.78, 5) is 16.8. The number of ether oxygens (including phenoxy) is 2. The van der Waals surface area contributed by atoms with Gasteiger partial charge in [-0.05, 0) is 54.4 Å². The molecule has 1 saturated carbocycles. The number of hydrogen-bond acceptors (Lipinski definition) is 4. The molecule has 0 bridgehead atoms. The van der Waals surface area contributed by atoms with Crippen LogP contribution in [0.5, 0.6) is 11.5 Å². The van der Waals surface area contributed by atoms with Crippen LogP contribution in [0.15, 0.2) is 54.2 Å². The zero-order valence-corrected chi connectivity index (χ0v) is 18.9. The second-order valence-corrected chi connectivity index (χ2v) is 8.39. The Labute approximate surface area is 189 Å². The lowest BCUT2D eigenvalue weighted by molar-refractivity contribution is -0.124. The van der Waals surface area contributed by atoms with Gasteiger partial charge in [-0.25, -0.2) is 0 Å². The van der Waals surface area contributed by atoms with Crippen LogP contribution in [0.3, 0.4) is 0 Å². The quantitative estimate of drug-likeness (QED) is 0.471. The van der Waals surface area contributed by atoms with Crippen LogP contribution in [0.4, 0.5) is 0 Å². The number of methoxy groups -OCH3 is 1. The molecular weight excluding hydrogens is 408 g/mol. The van der Waals surface area contributed by atoms with Crippen molar-refractivity contribution in [1.29, 1.82) is 0 Å². The maximum Gasteiger partial charge on any atom is 0.277 e. The number of amides is 1. The van der Waals surface area contributed by atoms with Crippen molar-refractivity contribution in [3.05, 3.63) is 65.4 Å². The third-order valence-corrected chi connectivity index (χ3v) is 6.43. The van der Waals surface area contributed by atoms with Gasteiger partial charge in [-0.3, -0.25) is 9.69 Å². The van der Waals surface area contributed by atoms with Gasteiger partial charge in [-0.1, -0.05) is 55.7 Å². The fourth-order valence-electron chi connectivity index (χ4n) is 4.22. The highest BCUT2D eigenvalue weighted by Crippen LogP contribution is 2.33. The van der Waals surface area contributed by atoms with Crippen LogP contribution in [0, 0.1) is 0 Å². The highest BCUT2D eigenvalue weighted by molar-refractivity contribution is 7.80. The maximum atomic E-state index is 13.2. The summed E-state index contributed by atoms with van der Waals surface area (Å²) in [5, 5.41) is 0.595. The Hall–Kier alpha value is -2.86. The Balaban J connectivity index is 1.53. The molecule has 0 unspecified atom stereocenters. The van der Waals surface area contributed by atoms with Gasteiger partial charge in [0.15, 0.2) is 16.6 Å². The van der Waals surface area contributed by atoms with Crippen molar-refractivity contribution in [2.75, 3.05) is 14.2 Å². The Bertz CT molecular complexity index is 984. The molecule has 6 heteroatoms. The van der Waals surface area contributed by atoms with Crippen molar-refractivity contribution in [2.24, 2.45) is 0 Å². The lowest BCUT2D eigenvalue weighted by atomic mass is 9.94. The molecule has 0 atom stereocenters. The molecule has 2 aromatic carbocycles. The van der Waals surface area contributed by atoms with E-state index in [0.29, 0.717) is 28.9 Å². The van der Waals surface area contributed by atoms with E-state index in [9.17, 15) is 4.79 Å². The van der Waals surface area contributed by atoms with Crippen LogP contribution >= 0.6 is 12.2 Å². The third kappa shape index (κ3) is 4.59. The molecule has 0 radical (unpaired) electrons. The van der Waals surface area contributed by atoms with Gasteiger partial charge < -0.3 is 14.4 Å². The smallest absolute Gasteiger partial charge is 0.277 e. The van der Waals surface area contributed by atoms with Crippen molar-refractivity contribution in [3.63, 3.8) is 0 Å². The maximum absolute atomic E-state index is 13.2. The van der Waals surface area contributed by atoms with E-state index in [4.69, 9.17) is 21.7 Å². The highest BCUT2D eigenvalue weighted by Gasteiger charge is 2.40. The van der Waals surface area contributed by atoms with Crippen LogP contribution in [0.2, 0.25) is 0 Å². The Morgan fingerprint density at radius 1 is 1.06 bits per heavy atom. The molecule has 4 rings (SSSR count). The first kappa shape index (κ1) is 21.4. The average Bonchev–Trinajstić information content (AvgIpc) is 3.02. The number of nitrogens with zero attached hydrogens (tertiary/aromatic N) is 2. The molecule has 2 aromatic rings. The molecule has 31 heavy (non-hydrogen) atoms. The fraction of sp³-hybridized carbons (Fsp3) is 0.360. The molecule has 1 aliphatic heterocycles. The standard InChI is InChI=1S/C25H28N2O3S/c1-26-21(24(28)27(25(26)31)20-11-7-4-8-12-20)15-19-13-14-22(23(16-19)29-2)30-17-18-9-5-3-6-10-18/h3,5-6,9-10,13-16,20H,4,7-8,11-12,17H2,1-2H3/b21-15-. The molecule has 5 nitrogen and oxygen atoms in total. The van der Waals surface area contributed by atoms with Crippen LogP contribution < -0.4 is 9.47 Å². The number of hydrogen-bond donors (Lipinski definition) is 0. The summed E-state index contributed by atoms with van der Waals surface area (Å²) in [6.45, 7) is 0.462. The third-order valence-electron chi connectivity index (χ3n) is 5.96. The normalized spacial score (nSPS) is 18.7. The first-order valence-electron chi connectivity index (χ1n) is 10.8. The topological polar surface area (TPSA) is 42.0 Å². The highest BCUT2D eigenvalue weighted by atomic mass is 32.1. The first-order valence-corrected chi connectivity index (χ1v) is 11.2. The van der Waals surface area contributed by atoms with Gasteiger partial charge in [0, 0.05) is 13.1 Å². The van der Waals surface area contributed by atoms with Gasteiger partial charge >= 0.3 is 0 Å². The Morgan fingerprint density at radius 2 is 1.81 bits per heavy atom. The molecule has 1 saturated heterocycles.